The van der Waals surface area contributed by atoms with E-state index in [2.05, 4.69) is 5.16 Å². The predicted octanol–water partition coefficient (Wildman–Crippen LogP) is 2.04. The average Bonchev–Trinajstić information content (AvgIpc) is 2.71. The fraction of sp³-hybridized carbons (Fsp3) is 0. The monoisotopic (exact) mass is 189 g/mol. The highest BCUT2D eigenvalue weighted by atomic mass is 16.5. The van der Waals surface area contributed by atoms with Crippen LogP contribution in [0.15, 0.2) is 41.1 Å². The second kappa shape index (κ2) is 3.33. The van der Waals surface area contributed by atoms with Crippen LogP contribution in [0.3, 0.4) is 0 Å². The van der Waals surface area contributed by atoms with Gasteiger partial charge in [0.05, 0.1) is 11.8 Å². The third-order valence-electron chi connectivity index (χ3n) is 1.83. The van der Waals surface area contributed by atoms with Gasteiger partial charge in [-0.15, -0.1) is 0 Å². The summed E-state index contributed by atoms with van der Waals surface area (Å²) < 4.78 is 4.91. The first-order valence-electron chi connectivity index (χ1n) is 4.02. The zero-order chi connectivity index (χ0) is 9.97. The Balaban J connectivity index is 2.46. The topological polar surface area (TPSA) is 63.3 Å². The number of hydrogen-bond acceptors (Lipinski definition) is 3. The van der Waals surface area contributed by atoms with E-state index in [1.165, 1.54) is 12.3 Å². The van der Waals surface area contributed by atoms with Gasteiger partial charge in [0.2, 0.25) is 0 Å². The summed E-state index contributed by atoms with van der Waals surface area (Å²) >= 11 is 0. The maximum Gasteiger partial charge on any atom is 0.335 e. The molecule has 0 bridgehead atoms. The summed E-state index contributed by atoms with van der Waals surface area (Å²) in [5.74, 6) is -0.389. The summed E-state index contributed by atoms with van der Waals surface area (Å²) in [6, 6.07) is 8.19. The second-order valence-electron chi connectivity index (χ2n) is 2.76. The van der Waals surface area contributed by atoms with Crippen LogP contribution in [0.1, 0.15) is 10.4 Å². The number of rotatable bonds is 2. The Labute approximate surface area is 79.8 Å². The molecule has 1 aromatic carbocycles. The van der Waals surface area contributed by atoms with Crippen LogP contribution in [0.4, 0.5) is 0 Å². The van der Waals surface area contributed by atoms with Gasteiger partial charge in [0.15, 0.2) is 5.76 Å². The molecule has 0 radical (unpaired) electrons. The third-order valence-corrected chi connectivity index (χ3v) is 1.83. The van der Waals surface area contributed by atoms with Crippen molar-refractivity contribution in [3.05, 3.63) is 42.1 Å². The van der Waals surface area contributed by atoms with E-state index in [9.17, 15) is 4.79 Å². The van der Waals surface area contributed by atoms with Gasteiger partial charge in [0, 0.05) is 11.6 Å². The average molecular weight is 189 g/mol. The van der Waals surface area contributed by atoms with Gasteiger partial charge in [-0.2, -0.15) is 0 Å². The predicted molar refractivity (Wildman–Crippen MR) is 48.9 cm³/mol. The number of aromatic nitrogens is 1. The van der Waals surface area contributed by atoms with Crippen molar-refractivity contribution in [2.75, 3.05) is 0 Å². The van der Waals surface area contributed by atoms with Gasteiger partial charge in [-0.25, -0.2) is 4.79 Å². The van der Waals surface area contributed by atoms with E-state index in [4.69, 9.17) is 9.63 Å². The van der Waals surface area contributed by atoms with Gasteiger partial charge in [-0.05, 0) is 12.1 Å². The van der Waals surface area contributed by atoms with Gasteiger partial charge in [-0.3, -0.25) is 0 Å². The molecule has 2 aromatic rings. The molecule has 0 unspecified atom stereocenters. The van der Waals surface area contributed by atoms with Gasteiger partial charge < -0.3 is 9.63 Å². The summed E-state index contributed by atoms with van der Waals surface area (Å²) in [6.07, 6.45) is 1.52. The van der Waals surface area contributed by atoms with Crippen molar-refractivity contribution in [1.29, 1.82) is 0 Å². The summed E-state index contributed by atoms with van der Waals surface area (Å²) in [4.78, 5) is 10.7. The van der Waals surface area contributed by atoms with E-state index in [1.54, 1.807) is 24.3 Å². The van der Waals surface area contributed by atoms with Crippen molar-refractivity contribution >= 4 is 5.97 Å². The Kier molecular flexibility index (Phi) is 2.02. The molecule has 0 saturated heterocycles. The number of benzene rings is 1. The van der Waals surface area contributed by atoms with Crippen LogP contribution in [-0.2, 0) is 0 Å². The highest BCUT2D eigenvalue weighted by molar-refractivity contribution is 5.89. The molecule has 1 heterocycles. The number of nitrogens with zero attached hydrogens (tertiary/aromatic N) is 1. The quantitative estimate of drug-likeness (QED) is 0.785. The molecule has 0 saturated carbocycles. The normalized spacial score (nSPS) is 10.0. The number of carboxylic acids is 1. The first kappa shape index (κ1) is 8.50. The van der Waals surface area contributed by atoms with E-state index in [0.29, 0.717) is 11.3 Å². The van der Waals surface area contributed by atoms with E-state index < -0.39 is 5.97 Å². The summed E-state index contributed by atoms with van der Waals surface area (Å²) in [6.45, 7) is 0. The zero-order valence-corrected chi connectivity index (χ0v) is 7.18. The van der Waals surface area contributed by atoms with Crippen LogP contribution < -0.4 is 0 Å². The van der Waals surface area contributed by atoms with E-state index >= 15 is 0 Å². The fourth-order valence-corrected chi connectivity index (χ4v) is 1.17. The lowest BCUT2D eigenvalue weighted by Crippen LogP contribution is -1.95. The molecule has 0 aliphatic rings. The number of aromatic carboxylic acids is 1. The minimum atomic E-state index is -0.952. The van der Waals surface area contributed by atoms with Gasteiger partial charge in [0.25, 0.3) is 0 Å². The molecule has 0 atom stereocenters. The summed E-state index contributed by atoms with van der Waals surface area (Å²) in [7, 11) is 0. The van der Waals surface area contributed by atoms with Crippen molar-refractivity contribution in [3.8, 4) is 11.3 Å². The van der Waals surface area contributed by atoms with Crippen LogP contribution in [0.2, 0.25) is 0 Å². The minimum Gasteiger partial charge on any atom is -0.478 e. The molecule has 0 spiro atoms. The molecule has 0 aliphatic carbocycles. The number of hydrogen-bond donors (Lipinski definition) is 1. The van der Waals surface area contributed by atoms with Gasteiger partial charge >= 0.3 is 5.97 Å². The first-order chi connectivity index (χ1) is 6.77. The number of carboxylic acid groups (broad SMARTS) is 1. The largest absolute Gasteiger partial charge is 0.478 e. The smallest absolute Gasteiger partial charge is 0.335 e. The maximum absolute atomic E-state index is 10.7. The molecule has 2 rings (SSSR count). The number of carbonyl (C=O) groups is 1. The van der Waals surface area contributed by atoms with Crippen LogP contribution in [0, 0.1) is 0 Å². The van der Waals surface area contributed by atoms with Crippen LogP contribution in [0.25, 0.3) is 11.3 Å². The minimum absolute atomic E-state index is 0.235. The zero-order valence-electron chi connectivity index (χ0n) is 7.18. The molecule has 0 fully saturated rings. The SMILES string of the molecule is O=C(O)c1cccc(-c2ccno2)c1. The molecule has 1 aromatic heterocycles. The highest BCUT2D eigenvalue weighted by Crippen LogP contribution is 2.19. The lowest BCUT2D eigenvalue weighted by molar-refractivity contribution is 0.0697. The van der Waals surface area contributed by atoms with Crippen LogP contribution >= 0.6 is 0 Å². The lowest BCUT2D eigenvalue weighted by Gasteiger charge is -1.97. The molecule has 4 nitrogen and oxygen atoms in total. The Hall–Kier alpha value is -2.10. The fourth-order valence-electron chi connectivity index (χ4n) is 1.17. The molecule has 1 N–H and O–H groups in total. The highest BCUT2D eigenvalue weighted by Gasteiger charge is 2.06. The van der Waals surface area contributed by atoms with Crippen molar-refractivity contribution < 1.29 is 14.4 Å². The van der Waals surface area contributed by atoms with E-state index in [0.717, 1.165) is 0 Å². The molecular weight excluding hydrogens is 182 g/mol. The Morgan fingerprint density at radius 3 is 2.86 bits per heavy atom. The van der Waals surface area contributed by atoms with E-state index in [1.807, 2.05) is 0 Å². The Morgan fingerprint density at radius 1 is 1.36 bits per heavy atom. The van der Waals surface area contributed by atoms with Gasteiger partial charge in [-0.1, -0.05) is 17.3 Å². The summed E-state index contributed by atoms with van der Waals surface area (Å²) in [5.41, 5.74) is 0.946. The van der Waals surface area contributed by atoms with Crippen molar-refractivity contribution in [1.82, 2.24) is 5.16 Å². The lowest BCUT2D eigenvalue weighted by atomic mass is 10.1. The molecule has 14 heavy (non-hydrogen) atoms. The maximum atomic E-state index is 10.7. The van der Waals surface area contributed by atoms with Crippen molar-refractivity contribution in [2.45, 2.75) is 0 Å². The molecule has 4 heteroatoms. The third kappa shape index (κ3) is 1.50. The Morgan fingerprint density at radius 2 is 2.21 bits per heavy atom. The van der Waals surface area contributed by atoms with Gasteiger partial charge in [0.1, 0.15) is 0 Å². The van der Waals surface area contributed by atoms with Crippen LogP contribution in [-0.4, -0.2) is 16.2 Å². The molecule has 0 amide bonds. The second-order valence-corrected chi connectivity index (χ2v) is 2.76. The summed E-state index contributed by atoms with van der Waals surface area (Å²) in [5, 5.41) is 12.3. The molecular formula is C10H7NO3. The first-order valence-corrected chi connectivity index (χ1v) is 4.02. The Bertz CT molecular complexity index is 448. The standard InChI is InChI=1S/C10H7NO3/c12-10(13)8-3-1-2-7(6-8)9-4-5-11-14-9/h1-6H,(H,12,13). The van der Waals surface area contributed by atoms with Crippen LogP contribution in [0.5, 0.6) is 0 Å². The van der Waals surface area contributed by atoms with Crippen molar-refractivity contribution in [2.24, 2.45) is 0 Å². The molecule has 70 valence electrons. The van der Waals surface area contributed by atoms with E-state index in [-0.39, 0.29) is 5.56 Å². The molecule has 0 aliphatic heterocycles. The van der Waals surface area contributed by atoms with Crippen molar-refractivity contribution in [3.63, 3.8) is 0 Å².